The zero-order valence-electron chi connectivity index (χ0n) is 18.2. The van der Waals surface area contributed by atoms with Crippen LogP contribution < -0.4 is 0 Å². The molecule has 6 nitrogen and oxygen atoms in total. The summed E-state index contributed by atoms with van der Waals surface area (Å²) >= 11 is 0. The zero-order valence-corrected chi connectivity index (χ0v) is 18.2. The summed E-state index contributed by atoms with van der Waals surface area (Å²) in [6.45, 7) is 0. The van der Waals surface area contributed by atoms with E-state index in [2.05, 4.69) is 0 Å². The van der Waals surface area contributed by atoms with Crippen LogP contribution >= 0.6 is 0 Å². The third-order valence-electron chi connectivity index (χ3n) is 6.41. The molecule has 5 aromatic rings. The van der Waals surface area contributed by atoms with Gasteiger partial charge in [0.15, 0.2) is 0 Å². The number of carboxylic acid groups (broad SMARTS) is 2. The number of aromatic nitrogens is 2. The number of carbonyl (C=O) groups is 2. The van der Waals surface area contributed by atoms with Gasteiger partial charge in [-0.1, -0.05) is 66.7 Å². The molecule has 5 rings (SSSR count). The van der Waals surface area contributed by atoms with Crippen molar-refractivity contribution in [2.24, 2.45) is 14.1 Å². The molecule has 2 aromatic heterocycles. The Morgan fingerprint density at radius 2 is 1.03 bits per heavy atom. The van der Waals surface area contributed by atoms with Gasteiger partial charge in [0, 0.05) is 52.9 Å². The predicted octanol–water partition coefficient (Wildman–Crippen LogP) is 5.25. The fourth-order valence-electron chi connectivity index (χ4n) is 5.07. The first-order valence-corrected chi connectivity index (χ1v) is 10.6. The summed E-state index contributed by atoms with van der Waals surface area (Å²) < 4.78 is 3.35. The normalized spacial score (nSPS) is 11.5. The van der Waals surface area contributed by atoms with Crippen LogP contribution in [0.3, 0.4) is 0 Å². The van der Waals surface area contributed by atoms with Gasteiger partial charge < -0.3 is 19.3 Å². The molecular formula is C27H22N2O4. The van der Waals surface area contributed by atoms with E-state index in [9.17, 15) is 19.8 Å². The number of fused-ring (bicyclic) bond motifs is 2. The van der Waals surface area contributed by atoms with Crippen LogP contribution in [-0.4, -0.2) is 31.3 Å². The molecule has 6 heteroatoms. The van der Waals surface area contributed by atoms with Crippen molar-refractivity contribution in [3.8, 4) is 0 Å². The number of aromatic carboxylic acids is 2. The van der Waals surface area contributed by atoms with Crippen LogP contribution in [0.4, 0.5) is 0 Å². The van der Waals surface area contributed by atoms with Crippen molar-refractivity contribution >= 4 is 33.7 Å². The monoisotopic (exact) mass is 438 g/mol. The van der Waals surface area contributed by atoms with E-state index in [1.165, 1.54) is 0 Å². The SMILES string of the molecule is Cn1c(C(=O)O)c(C(c2ccccc2)c2c(C(=O)O)n(C)c3ccccc23)c2ccccc21. The molecule has 0 unspecified atom stereocenters. The average molecular weight is 438 g/mol. The average Bonchev–Trinajstić information content (AvgIpc) is 3.28. The van der Waals surface area contributed by atoms with Crippen molar-refractivity contribution < 1.29 is 19.8 Å². The number of hydrogen-bond donors (Lipinski definition) is 2. The molecule has 0 fully saturated rings. The summed E-state index contributed by atoms with van der Waals surface area (Å²) in [5.74, 6) is -2.70. The van der Waals surface area contributed by atoms with E-state index in [1.54, 1.807) is 23.2 Å². The van der Waals surface area contributed by atoms with Crippen LogP contribution in [-0.2, 0) is 14.1 Å². The Hall–Kier alpha value is -4.32. The number of carboxylic acids is 2. The van der Waals surface area contributed by atoms with Crippen molar-refractivity contribution in [3.63, 3.8) is 0 Å². The van der Waals surface area contributed by atoms with E-state index in [0.29, 0.717) is 11.1 Å². The molecule has 0 atom stereocenters. The highest BCUT2D eigenvalue weighted by Crippen LogP contribution is 2.44. The molecule has 2 N–H and O–H groups in total. The quantitative estimate of drug-likeness (QED) is 0.393. The van der Waals surface area contributed by atoms with Gasteiger partial charge in [-0.05, 0) is 17.7 Å². The van der Waals surface area contributed by atoms with E-state index in [1.807, 2.05) is 78.9 Å². The molecule has 0 spiro atoms. The molecule has 0 amide bonds. The minimum absolute atomic E-state index is 0.148. The molecule has 0 radical (unpaired) electrons. The maximum absolute atomic E-state index is 12.5. The van der Waals surface area contributed by atoms with Gasteiger partial charge in [-0.15, -0.1) is 0 Å². The number of benzene rings is 3. The number of rotatable bonds is 5. The van der Waals surface area contributed by atoms with Crippen molar-refractivity contribution in [2.45, 2.75) is 5.92 Å². The number of hydrogen-bond acceptors (Lipinski definition) is 2. The Labute approximate surface area is 189 Å². The second-order valence-corrected chi connectivity index (χ2v) is 8.13. The molecule has 0 aliphatic carbocycles. The van der Waals surface area contributed by atoms with E-state index in [4.69, 9.17) is 0 Å². The molecule has 0 aliphatic rings. The standard InChI is InChI=1S/C27H22N2O4/c1-28-19-14-8-6-12-17(19)22(24(28)26(30)31)21(16-10-4-3-5-11-16)23-18-13-7-9-15-20(18)29(2)25(23)27(32)33/h3-15,21H,1-2H3,(H,30,31)(H,32,33). The maximum atomic E-state index is 12.5. The first-order valence-electron chi connectivity index (χ1n) is 10.6. The highest BCUT2D eigenvalue weighted by Gasteiger charge is 2.34. The summed E-state index contributed by atoms with van der Waals surface area (Å²) in [5, 5.41) is 22.1. The highest BCUT2D eigenvalue weighted by atomic mass is 16.4. The lowest BCUT2D eigenvalue weighted by Gasteiger charge is -2.20. The van der Waals surface area contributed by atoms with Crippen LogP contribution in [0.1, 0.15) is 43.6 Å². The van der Waals surface area contributed by atoms with E-state index in [-0.39, 0.29) is 11.4 Å². The van der Waals surface area contributed by atoms with Gasteiger partial charge in [0.25, 0.3) is 0 Å². The lowest BCUT2D eigenvalue weighted by Crippen LogP contribution is -2.15. The molecule has 0 aliphatic heterocycles. The van der Waals surface area contributed by atoms with Gasteiger partial charge in [-0.2, -0.15) is 0 Å². The summed E-state index contributed by atoms with van der Waals surface area (Å²) in [5.41, 5.74) is 3.86. The number of aryl methyl sites for hydroxylation is 2. The van der Waals surface area contributed by atoms with Gasteiger partial charge in [0.1, 0.15) is 11.4 Å². The number of nitrogens with zero attached hydrogens (tertiary/aromatic N) is 2. The van der Waals surface area contributed by atoms with Gasteiger partial charge in [-0.3, -0.25) is 0 Å². The molecule has 0 saturated carbocycles. The largest absolute Gasteiger partial charge is 0.477 e. The summed E-state index contributed by atoms with van der Waals surface area (Å²) in [6.07, 6.45) is 0. The minimum Gasteiger partial charge on any atom is -0.477 e. The van der Waals surface area contributed by atoms with Crippen LogP contribution in [0.2, 0.25) is 0 Å². The Morgan fingerprint density at radius 3 is 1.45 bits per heavy atom. The number of para-hydroxylation sites is 2. The predicted molar refractivity (Wildman–Crippen MR) is 127 cm³/mol. The molecular weight excluding hydrogens is 416 g/mol. The smallest absolute Gasteiger partial charge is 0.352 e. The Morgan fingerprint density at radius 1 is 0.636 bits per heavy atom. The highest BCUT2D eigenvalue weighted by molar-refractivity contribution is 6.03. The van der Waals surface area contributed by atoms with Crippen LogP contribution in [0.5, 0.6) is 0 Å². The van der Waals surface area contributed by atoms with Crippen molar-refractivity contribution in [2.75, 3.05) is 0 Å². The summed E-state index contributed by atoms with van der Waals surface area (Å²) in [6, 6.07) is 24.6. The second kappa shape index (κ2) is 7.67. The fraction of sp³-hybridized carbons (Fsp3) is 0.111. The fourth-order valence-corrected chi connectivity index (χ4v) is 5.07. The minimum atomic E-state index is -1.05. The Bertz CT molecular complexity index is 1450. The van der Waals surface area contributed by atoms with Gasteiger partial charge in [0.2, 0.25) is 0 Å². The van der Waals surface area contributed by atoms with Crippen molar-refractivity contribution in [1.29, 1.82) is 0 Å². The van der Waals surface area contributed by atoms with Crippen molar-refractivity contribution in [1.82, 2.24) is 9.13 Å². The van der Waals surface area contributed by atoms with Gasteiger partial charge >= 0.3 is 11.9 Å². The van der Waals surface area contributed by atoms with Gasteiger partial charge in [-0.25, -0.2) is 9.59 Å². The lowest BCUT2D eigenvalue weighted by molar-refractivity contribution is 0.0677. The van der Waals surface area contributed by atoms with E-state index >= 15 is 0 Å². The van der Waals surface area contributed by atoms with E-state index in [0.717, 1.165) is 27.4 Å². The molecule has 3 aromatic carbocycles. The third kappa shape index (κ3) is 3.03. The lowest BCUT2D eigenvalue weighted by atomic mass is 9.82. The molecule has 2 heterocycles. The van der Waals surface area contributed by atoms with Crippen LogP contribution in [0, 0.1) is 0 Å². The summed E-state index contributed by atoms with van der Waals surface area (Å²) in [7, 11) is 3.47. The maximum Gasteiger partial charge on any atom is 0.352 e. The molecule has 0 bridgehead atoms. The van der Waals surface area contributed by atoms with Crippen molar-refractivity contribution in [3.05, 3.63) is 107 Å². The third-order valence-corrected chi connectivity index (χ3v) is 6.41. The van der Waals surface area contributed by atoms with Crippen LogP contribution in [0.15, 0.2) is 78.9 Å². The molecule has 33 heavy (non-hydrogen) atoms. The Balaban J connectivity index is 2.00. The Kier molecular flexibility index (Phi) is 4.78. The van der Waals surface area contributed by atoms with Crippen LogP contribution in [0.25, 0.3) is 21.8 Å². The molecule has 164 valence electrons. The topological polar surface area (TPSA) is 84.5 Å². The molecule has 0 saturated heterocycles. The van der Waals surface area contributed by atoms with E-state index < -0.39 is 17.9 Å². The summed E-state index contributed by atoms with van der Waals surface area (Å²) in [4.78, 5) is 25.0. The first kappa shape index (κ1) is 20.6. The second-order valence-electron chi connectivity index (χ2n) is 8.13. The van der Waals surface area contributed by atoms with Gasteiger partial charge in [0.05, 0.1) is 0 Å². The zero-order chi connectivity index (χ0) is 23.3. The first-order chi connectivity index (χ1) is 15.9.